The summed E-state index contributed by atoms with van der Waals surface area (Å²) in [5, 5.41) is 2.84. The fourth-order valence-electron chi connectivity index (χ4n) is 2.71. The van der Waals surface area contributed by atoms with Crippen molar-refractivity contribution in [1.82, 2.24) is 9.38 Å². The summed E-state index contributed by atoms with van der Waals surface area (Å²) in [5.41, 5.74) is 3.96. The Balaban J connectivity index is 1.96. The maximum absolute atomic E-state index is 12.8. The molecule has 0 bridgehead atoms. The average molecular weight is 337 g/mol. The van der Waals surface area contributed by atoms with E-state index >= 15 is 0 Å². The van der Waals surface area contributed by atoms with Crippen LogP contribution in [0.4, 0.5) is 5.69 Å². The van der Waals surface area contributed by atoms with E-state index in [1.807, 2.05) is 32.2 Å². The van der Waals surface area contributed by atoms with E-state index in [1.165, 1.54) is 7.11 Å². The number of anilines is 1. The molecule has 0 aliphatic rings. The Hall–Kier alpha value is -3.15. The molecule has 0 aliphatic heterocycles. The molecule has 2 aromatic heterocycles. The van der Waals surface area contributed by atoms with Crippen molar-refractivity contribution >= 4 is 23.2 Å². The molecule has 25 heavy (non-hydrogen) atoms. The number of nitrogens with one attached hydrogen (secondary N) is 1. The third-order valence-electron chi connectivity index (χ3n) is 3.95. The van der Waals surface area contributed by atoms with Gasteiger partial charge >= 0.3 is 5.97 Å². The number of hydrogen-bond donors (Lipinski definition) is 1. The number of aryl methyl sites for hydroxylation is 2. The summed E-state index contributed by atoms with van der Waals surface area (Å²) in [4.78, 5) is 29.0. The van der Waals surface area contributed by atoms with Gasteiger partial charge < -0.3 is 10.1 Å². The summed E-state index contributed by atoms with van der Waals surface area (Å²) in [6, 6.07) is 10.5. The van der Waals surface area contributed by atoms with Crippen molar-refractivity contribution in [3.8, 4) is 0 Å². The molecule has 1 aromatic carbocycles. The van der Waals surface area contributed by atoms with E-state index in [-0.39, 0.29) is 5.91 Å². The SMILES string of the molecule is CCc1nc2cc(C)ccn2c1C(=O)Nc1cccc(C(=O)OC)c1. The lowest BCUT2D eigenvalue weighted by molar-refractivity contribution is 0.0600. The molecule has 6 heteroatoms. The van der Waals surface area contributed by atoms with Crippen LogP contribution in [0, 0.1) is 6.92 Å². The number of amides is 1. The smallest absolute Gasteiger partial charge is 0.337 e. The molecule has 3 aromatic rings. The molecule has 0 saturated carbocycles. The van der Waals surface area contributed by atoms with E-state index in [9.17, 15) is 9.59 Å². The van der Waals surface area contributed by atoms with E-state index < -0.39 is 5.97 Å². The molecular weight excluding hydrogens is 318 g/mol. The number of benzene rings is 1. The summed E-state index contributed by atoms with van der Waals surface area (Å²) < 4.78 is 6.49. The minimum Gasteiger partial charge on any atom is -0.465 e. The van der Waals surface area contributed by atoms with Gasteiger partial charge in [-0.05, 0) is 49.2 Å². The Morgan fingerprint density at radius 1 is 1.24 bits per heavy atom. The summed E-state index contributed by atoms with van der Waals surface area (Å²) in [7, 11) is 1.32. The number of aromatic nitrogens is 2. The molecule has 6 nitrogen and oxygen atoms in total. The molecule has 1 N–H and O–H groups in total. The molecule has 0 atom stereocenters. The fourth-order valence-corrected chi connectivity index (χ4v) is 2.71. The minimum absolute atomic E-state index is 0.268. The highest BCUT2D eigenvalue weighted by Gasteiger charge is 2.19. The first-order chi connectivity index (χ1) is 12.0. The number of fused-ring (bicyclic) bond motifs is 1. The van der Waals surface area contributed by atoms with Gasteiger partial charge in [-0.2, -0.15) is 0 Å². The van der Waals surface area contributed by atoms with Crippen LogP contribution in [0.1, 0.15) is 39.0 Å². The Morgan fingerprint density at radius 3 is 2.76 bits per heavy atom. The van der Waals surface area contributed by atoms with Crippen LogP contribution in [-0.4, -0.2) is 28.4 Å². The maximum Gasteiger partial charge on any atom is 0.337 e. The number of methoxy groups -OCH3 is 1. The topological polar surface area (TPSA) is 72.7 Å². The molecule has 2 heterocycles. The van der Waals surface area contributed by atoms with Crippen molar-refractivity contribution in [1.29, 1.82) is 0 Å². The number of imidazole rings is 1. The van der Waals surface area contributed by atoms with Crippen LogP contribution in [0.5, 0.6) is 0 Å². The maximum atomic E-state index is 12.8. The molecule has 0 saturated heterocycles. The van der Waals surface area contributed by atoms with Crippen molar-refractivity contribution in [2.45, 2.75) is 20.3 Å². The number of carbonyl (C=O) groups is 2. The van der Waals surface area contributed by atoms with Gasteiger partial charge in [-0.1, -0.05) is 13.0 Å². The Morgan fingerprint density at radius 2 is 2.04 bits per heavy atom. The van der Waals surface area contributed by atoms with Gasteiger partial charge in [0, 0.05) is 11.9 Å². The van der Waals surface area contributed by atoms with Crippen LogP contribution in [0.25, 0.3) is 5.65 Å². The lowest BCUT2D eigenvalue weighted by Crippen LogP contribution is -2.16. The fraction of sp³-hybridized carbons (Fsp3) is 0.211. The van der Waals surface area contributed by atoms with E-state index in [2.05, 4.69) is 10.3 Å². The number of rotatable bonds is 4. The summed E-state index contributed by atoms with van der Waals surface area (Å²) in [6.45, 7) is 3.95. The molecular formula is C19H19N3O3. The van der Waals surface area contributed by atoms with Gasteiger partial charge in [0.15, 0.2) is 0 Å². The average Bonchev–Trinajstić information content (AvgIpc) is 2.98. The van der Waals surface area contributed by atoms with Gasteiger partial charge in [0.1, 0.15) is 11.3 Å². The lowest BCUT2D eigenvalue weighted by atomic mass is 10.2. The second-order valence-electron chi connectivity index (χ2n) is 5.72. The molecule has 3 rings (SSSR count). The van der Waals surface area contributed by atoms with Crippen molar-refractivity contribution in [3.63, 3.8) is 0 Å². The first-order valence-corrected chi connectivity index (χ1v) is 8.00. The molecule has 0 aliphatic carbocycles. The van der Waals surface area contributed by atoms with Crippen LogP contribution >= 0.6 is 0 Å². The van der Waals surface area contributed by atoms with Crippen LogP contribution in [-0.2, 0) is 11.2 Å². The molecule has 1 amide bonds. The highest BCUT2D eigenvalue weighted by atomic mass is 16.5. The zero-order valence-corrected chi connectivity index (χ0v) is 14.4. The Labute approximate surface area is 145 Å². The molecule has 0 unspecified atom stereocenters. The van der Waals surface area contributed by atoms with Gasteiger partial charge in [0.2, 0.25) is 0 Å². The van der Waals surface area contributed by atoms with Crippen molar-refractivity contribution < 1.29 is 14.3 Å². The second kappa shape index (κ2) is 6.76. The first kappa shape index (κ1) is 16.7. The van der Waals surface area contributed by atoms with Crippen LogP contribution in [0.2, 0.25) is 0 Å². The standard InChI is InChI=1S/C19H19N3O3/c1-4-15-17(22-9-8-12(2)10-16(22)21-15)18(23)20-14-7-5-6-13(11-14)19(24)25-3/h5-11H,4H2,1-3H3,(H,20,23). The van der Waals surface area contributed by atoms with Gasteiger partial charge in [0.25, 0.3) is 5.91 Å². The van der Waals surface area contributed by atoms with Crippen molar-refractivity contribution in [2.24, 2.45) is 0 Å². The number of pyridine rings is 1. The second-order valence-corrected chi connectivity index (χ2v) is 5.72. The zero-order valence-electron chi connectivity index (χ0n) is 14.4. The number of carbonyl (C=O) groups excluding carboxylic acids is 2. The predicted molar refractivity (Wildman–Crippen MR) is 95.0 cm³/mol. The molecule has 0 radical (unpaired) electrons. The number of nitrogens with zero attached hydrogens (tertiary/aromatic N) is 2. The van der Waals surface area contributed by atoms with Gasteiger partial charge in [-0.15, -0.1) is 0 Å². The van der Waals surface area contributed by atoms with Crippen LogP contribution in [0.3, 0.4) is 0 Å². The van der Waals surface area contributed by atoms with Crippen LogP contribution in [0.15, 0.2) is 42.6 Å². The zero-order chi connectivity index (χ0) is 18.0. The largest absolute Gasteiger partial charge is 0.465 e. The van der Waals surface area contributed by atoms with Crippen molar-refractivity contribution in [3.05, 3.63) is 65.1 Å². The number of ether oxygens (including phenoxy) is 1. The van der Waals surface area contributed by atoms with Gasteiger partial charge in [-0.25, -0.2) is 9.78 Å². The molecule has 0 spiro atoms. The van der Waals surface area contributed by atoms with E-state index in [0.29, 0.717) is 23.4 Å². The first-order valence-electron chi connectivity index (χ1n) is 8.00. The Bertz CT molecular complexity index is 960. The predicted octanol–water partition coefficient (Wildman–Crippen LogP) is 3.24. The van der Waals surface area contributed by atoms with Crippen molar-refractivity contribution in [2.75, 3.05) is 12.4 Å². The monoisotopic (exact) mass is 337 g/mol. The third-order valence-corrected chi connectivity index (χ3v) is 3.95. The summed E-state index contributed by atoms with van der Waals surface area (Å²) in [6.07, 6.45) is 2.49. The van der Waals surface area contributed by atoms with Crippen LogP contribution < -0.4 is 5.32 Å². The number of hydrogen-bond acceptors (Lipinski definition) is 4. The summed E-state index contributed by atoms with van der Waals surface area (Å²) in [5.74, 6) is -0.717. The van der Waals surface area contributed by atoms with E-state index in [4.69, 9.17) is 4.74 Å². The molecule has 128 valence electrons. The molecule has 0 fully saturated rings. The quantitative estimate of drug-likeness (QED) is 0.742. The highest BCUT2D eigenvalue weighted by molar-refractivity contribution is 6.05. The van der Waals surface area contributed by atoms with E-state index in [1.54, 1.807) is 28.7 Å². The normalized spacial score (nSPS) is 10.7. The minimum atomic E-state index is -0.448. The van der Waals surface area contributed by atoms with E-state index in [0.717, 1.165) is 16.9 Å². The lowest BCUT2D eigenvalue weighted by Gasteiger charge is -2.08. The van der Waals surface area contributed by atoms with Gasteiger partial charge in [-0.3, -0.25) is 9.20 Å². The summed E-state index contributed by atoms with van der Waals surface area (Å²) >= 11 is 0. The highest BCUT2D eigenvalue weighted by Crippen LogP contribution is 2.18. The van der Waals surface area contributed by atoms with Gasteiger partial charge in [0.05, 0.1) is 18.4 Å². The Kier molecular flexibility index (Phi) is 4.52. The number of esters is 1. The third kappa shape index (κ3) is 3.24.